The lowest BCUT2D eigenvalue weighted by molar-refractivity contribution is -0.129. The van der Waals surface area contributed by atoms with Crippen LogP contribution in [0.4, 0.5) is 5.82 Å². The average Bonchev–Trinajstić information content (AvgIpc) is 2.62. The molecule has 5 nitrogen and oxygen atoms in total. The molecule has 1 aromatic heterocycles. The first kappa shape index (κ1) is 20.4. The van der Waals surface area contributed by atoms with E-state index in [0.717, 1.165) is 51.5 Å². The summed E-state index contributed by atoms with van der Waals surface area (Å²) in [5, 5.41) is 3.59. The molecule has 1 fully saturated rings. The van der Waals surface area contributed by atoms with Crippen LogP contribution in [0.2, 0.25) is 0 Å². The van der Waals surface area contributed by atoms with E-state index in [9.17, 15) is 4.79 Å². The second kappa shape index (κ2) is 10.3. The lowest BCUT2D eigenvalue weighted by atomic mass is 10.0. The molecule has 0 aliphatic carbocycles. The van der Waals surface area contributed by atoms with E-state index in [-0.39, 0.29) is 5.91 Å². The molecular formula is C21H34N4O. The van der Waals surface area contributed by atoms with Crippen LogP contribution in [0.3, 0.4) is 0 Å². The van der Waals surface area contributed by atoms with E-state index in [2.05, 4.69) is 48.1 Å². The molecule has 1 aliphatic rings. The fourth-order valence-electron chi connectivity index (χ4n) is 3.30. The van der Waals surface area contributed by atoms with Crippen LogP contribution in [-0.4, -0.2) is 48.5 Å². The van der Waals surface area contributed by atoms with Crippen LogP contribution in [0.1, 0.15) is 46.1 Å². The number of allylic oxidation sites excluding steroid dienone is 2. The second-order valence-electron chi connectivity index (χ2n) is 7.57. The third-order valence-corrected chi connectivity index (χ3v) is 4.91. The van der Waals surface area contributed by atoms with Crippen LogP contribution in [-0.2, 0) is 11.3 Å². The molecule has 0 aromatic carbocycles. The van der Waals surface area contributed by atoms with Gasteiger partial charge in [0, 0.05) is 51.4 Å². The third kappa shape index (κ3) is 6.45. The molecule has 0 saturated carbocycles. The highest BCUT2D eigenvalue weighted by Crippen LogP contribution is 2.19. The van der Waals surface area contributed by atoms with Crippen molar-refractivity contribution in [1.29, 1.82) is 0 Å². The van der Waals surface area contributed by atoms with Crippen molar-refractivity contribution >= 4 is 11.7 Å². The molecule has 144 valence electrons. The van der Waals surface area contributed by atoms with Gasteiger partial charge in [0.15, 0.2) is 0 Å². The molecule has 26 heavy (non-hydrogen) atoms. The monoisotopic (exact) mass is 358 g/mol. The Morgan fingerprint density at radius 1 is 1.27 bits per heavy atom. The SMILES string of the molecule is CC(=O)N1CCN(c2ncccc2CNC[C@@H](C)CCC=C(C)C)CC1. The number of hydrogen-bond donors (Lipinski definition) is 1. The van der Waals surface area contributed by atoms with Crippen molar-refractivity contribution in [2.45, 2.75) is 47.1 Å². The predicted octanol–water partition coefficient (Wildman–Crippen LogP) is 3.22. The van der Waals surface area contributed by atoms with Gasteiger partial charge in [-0.05, 0) is 45.2 Å². The number of anilines is 1. The smallest absolute Gasteiger partial charge is 0.219 e. The highest BCUT2D eigenvalue weighted by atomic mass is 16.2. The van der Waals surface area contributed by atoms with Gasteiger partial charge < -0.3 is 15.1 Å². The van der Waals surface area contributed by atoms with Crippen LogP contribution in [0.25, 0.3) is 0 Å². The summed E-state index contributed by atoms with van der Waals surface area (Å²) in [6.45, 7) is 13.4. The number of carbonyl (C=O) groups excluding carboxylic acids is 1. The van der Waals surface area contributed by atoms with Crippen LogP contribution < -0.4 is 10.2 Å². The van der Waals surface area contributed by atoms with Crippen LogP contribution in [0, 0.1) is 5.92 Å². The Bertz CT molecular complexity index is 602. The summed E-state index contributed by atoms with van der Waals surface area (Å²) in [5.74, 6) is 1.87. The zero-order valence-electron chi connectivity index (χ0n) is 16.8. The van der Waals surface area contributed by atoms with E-state index >= 15 is 0 Å². The molecule has 1 atom stereocenters. The number of rotatable bonds is 8. The highest BCUT2D eigenvalue weighted by molar-refractivity contribution is 5.73. The van der Waals surface area contributed by atoms with E-state index in [1.807, 2.05) is 17.2 Å². The number of nitrogens with zero attached hydrogens (tertiary/aromatic N) is 3. The van der Waals surface area contributed by atoms with Gasteiger partial charge in [0.25, 0.3) is 0 Å². The molecule has 1 aromatic rings. The molecule has 5 heteroatoms. The summed E-state index contributed by atoms with van der Waals surface area (Å²) >= 11 is 0. The fourth-order valence-corrected chi connectivity index (χ4v) is 3.30. The van der Waals surface area contributed by atoms with Crippen molar-refractivity contribution in [2.75, 3.05) is 37.6 Å². The first-order valence-corrected chi connectivity index (χ1v) is 9.75. The molecule has 1 aliphatic heterocycles. The first-order valence-electron chi connectivity index (χ1n) is 9.75. The molecule has 0 unspecified atom stereocenters. The van der Waals surface area contributed by atoms with Crippen molar-refractivity contribution in [2.24, 2.45) is 5.92 Å². The summed E-state index contributed by atoms with van der Waals surface area (Å²) in [4.78, 5) is 20.3. The van der Waals surface area contributed by atoms with E-state index < -0.39 is 0 Å². The Kier molecular flexibility index (Phi) is 8.10. The minimum atomic E-state index is 0.162. The zero-order chi connectivity index (χ0) is 18.9. The van der Waals surface area contributed by atoms with Gasteiger partial charge in [0.05, 0.1) is 0 Å². The maximum absolute atomic E-state index is 11.5. The fraction of sp³-hybridized carbons (Fsp3) is 0.619. The Morgan fingerprint density at radius 2 is 2.00 bits per heavy atom. The summed E-state index contributed by atoms with van der Waals surface area (Å²) < 4.78 is 0. The van der Waals surface area contributed by atoms with Gasteiger partial charge in [-0.15, -0.1) is 0 Å². The lowest BCUT2D eigenvalue weighted by Crippen LogP contribution is -2.48. The molecular weight excluding hydrogens is 324 g/mol. The highest BCUT2D eigenvalue weighted by Gasteiger charge is 2.21. The standard InChI is InChI=1S/C21H34N4O/c1-17(2)7-5-8-18(3)15-22-16-20-9-6-10-23-21(20)25-13-11-24(12-14-25)19(4)26/h6-7,9-10,18,22H,5,8,11-16H2,1-4H3/t18-/m0/s1. The summed E-state index contributed by atoms with van der Waals surface area (Å²) in [7, 11) is 0. The van der Waals surface area contributed by atoms with Gasteiger partial charge >= 0.3 is 0 Å². The van der Waals surface area contributed by atoms with Crippen LogP contribution >= 0.6 is 0 Å². The van der Waals surface area contributed by atoms with Gasteiger partial charge in [-0.25, -0.2) is 4.98 Å². The average molecular weight is 359 g/mol. The Morgan fingerprint density at radius 3 is 2.65 bits per heavy atom. The maximum atomic E-state index is 11.5. The van der Waals surface area contributed by atoms with E-state index in [1.165, 1.54) is 17.6 Å². The van der Waals surface area contributed by atoms with Crippen molar-refractivity contribution in [3.8, 4) is 0 Å². The number of piperazine rings is 1. The number of hydrogen-bond acceptors (Lipinski definition) is 4. The lowest BCUT2D eigenvalue weighted by Gasteiger charge is -2.35. The minimum absolute atomic E-state index is 0.162. The van der Waals surface area contributed by atoms with Crippen molar-refractivity contribution in [3.63, 3.8) is 0 Å². The molecule has 2 heterocycles. The number of pyridine rings is 1. The summed E-state index contributed by atoms with van der Waals surface area (Å²) in [5.41, 5.74) is 2.63. The number of aromatic nitrogens is 1. The third-order valence-electron chi connectivity index (χ3n) is 4.91. The van der Waals surface area contributed by atoms with Crippen molar-refractivity contribution in [1.82, 2.24) is 15.2 Å². The molecule has 1 saturated heterocycles. The van der Waals surface area contributed by atoms with Gasteiger partial charge in [0.2, 0.25) is 5.91 Å². The van der Waals surface area contributed by atoms with Crippen molar-refractivity contribution in [3.05, 3.63) is 35.5 Å². The van der Waals surface area contributed by atoms with Crippen LogP contribution in [0.5, 0.6) is 0 Å². The number of nitrogens with one attached hydrogen (secondary N) is 1. The molecule has 2 rings (SSSR count). The van der Waals surface area contributed by atoms with E-state index in [1.54, 1.807) is 6.92 Å². The summed E-state index contributed by atoms with van der Waals surface area (Å²) in [6, 6.07) is 4.16. The zero-order valence-corrected chi connectivity index (χ0v) is 16.8. The summed E-state index contributed by atoms with van der Waals surface area (Å²) in [6.07, 6.45) is 6.55. The van der Waals surface area contributed by atoms with E-state index in [0.29, 0.717) is 5.92 Å². The minimum Gasteiger partial charge on any atom is -0.353 e. The van der Waals surface area contributed by atoms with Gasteiger partial charge in [0.1, 0.15) is 5.82 Å². The topological polar surface area (TPSA) is 48.5 Å². The Hall–Kier alpha value is -1.88. The number of carbonyl (C=O) groups is 1. The van der Waals surface area contributed by atoms with Gasteiger partial charge in [-0.2, -0.15) is 0 Å². The second-order valence-corrected chi connectivity index (χ2v) is 7.57. The van der Waals surface area contributed by atoms with Gasteiger partial charge in [-0.3, -0.25) is 4.79 Å². The Labute approximate surface area is 158 Å². The largest absolute Gasteiger partial charge is 0.353 e. The molecule has 0 bridgehead atoms. The molecule has 1 amide bonds. The molecule has 1 N–H and O–H groups in total. The predicted molar refractivity (Wildman–Crippen MR) is 108 cm³/mol. The molecule has 0 spiro atoms. The molecule has 0 radical (unpaired) electrons. The first-order chi connectivity index (χ1) is 12.5. The number of amides is 1. The Balaban J connectivity index is 1.83. The normalized spacial score (nSPS) is 15.7. The quantitative estimate of drug-likeness (QED) is 0.725. The van der Waals surface area contributed by atoms with Gasteiger partial charge in [-0.1, -0.05) is 24.6 Å². The van der Waals surface area contributed by atoms with Crippen LogP contribution in [0.15, 0.2) is 30.0 Å². The van der Waals surface area contributed by atoms with E-state index in [4.69, 9.17) is 0 Å². The van der Waals surface area contributed by atoms with Crippen molar-refractivity contribution < 1.29 is 4.79 Å². The maximum Gasteiger partial charge on any atom is 0.219 e.